The molecule has 21 heavy (non-hydrogen) atoms. The summed E-state index contributed by atoms with van der Waals surface area (Å²) in [5, 5.41) is 16.8. The summed E-state index contributed by atoms with van der Waals surface area (Å²) in [7, 11) is 1.84. The maximum atomic E-state index is 10.7. The lowest BCUT2D eigenvalue weighted by Crippen LogP contribution is -2.24. The lowest BCUT2D eigenvalue weighted by molar-refractivity contribution is -0.137. The van der Waals surface area contributed by atoms with Crippen LogP contribution < -0.4 is 0 Å². The molecule has 0 fully saturated rings. The molecule has 0 saturated carbocycles. The molecular weight excluding hydrogens is 268 g/mol. The van der Waals surface area contributed by atoms with Crippen molar-refractivity contribution in [2.24, 2.45) is 7.05 Å². The van der Waals surface area contributed by atoms with Gasteiger partial charge in [0.1, 0.15) is 0 Å². The molecule has 1 aromatic carbocycles. The monoisotopic (exact) mass is 288 g/mol. The third-order valence-corrected chi connectivity index (χ3v) is 3.15. The summed E-state index contributed by atoms with van der Waals surface area (Å²) < 4.78 is 1.67. The fourth-order valence-corrected chi connectivity index (χ4v) is 2.21. The van der Waals surface area contributed by atoms with E-state index in [4.69, 9.17) is 5.11 Å². The Balaban J connectivity index is 1.97. The average Bonchev–Trinajstić information content (AvgIpc) is 2.85. The summed E-state index contributed by atoms with van der Waals surface area (Å²) in [5.41, 5.74) is 2.10. The molecule has 0 unspecified atom stereocenters. The second-order valence-corrected chi connectivity index (χ2v) is 5.08. The van der Waals surface area contributed by atoms with Crippen molar-refractivity contribution in [3.63, 3.8) is 0 Å². The van der Waals surface area contributed by atoms with E-state index in [0.717, 1.165) is 18.8 Å². The summed E-state index contributed by atoms with van der Waals surface area (Å²) in [4.78, 5) is 12.9. The molecule has 0 aliphatic heterocycles. The molecule has 0 amide bonds. The van der Waals surface area contributed by atoms with Crippen LogP contribution in [0.1, 0.15) is 24.1 Å². The number of carboxylic acids is 1. The van der Waals surface area contributed by atoms with Gasteiger partial charge < -0.3 is 5.11 Å². The van der Waals surface area contributed by atoms with E-state index in [9.17, 15) is 4.79 Å². The highest BCUT2D eigenvalue weighted by molar-refractivity contribution is 5.66. The van der Waals surface area contributed by atoms with E-state index in [2.05, 4.69) is 27.3 Å². The SMILES string of the molecule is Cn1cc(CN(CCCC(=O)O)Cc2ccccc2)nn1. The Bertz CT molecular complexity index is 568. The van der Waals surface area contributed by atoms with Gasteiger partial charge in [0.15, 0.2) is 0 Å². The number of aliphatic carboxylic acids is 1. The van der Waals surface area contributed by atoms with Crippen LogP contribution in [-0.2, 0) is 24.9 Å². The summed E-state index contributed by atoms with van der Waals surface area (Å²) in [6.07, 6.45) is 2.70. The molecule has 0 saturated heterocycles. The van der Waals surface area contributed by atoms with Crippen LogP contribution in [0, 0.1) is 0 Å². The van der Waals surface area contributed by atoms with E-state index in [0.29, 0.717) is 13.0 Å². The summed E-state index contributed by atoms with van der Waals surface area (Å²) in [6, 6.07) is 10.1. The molecule has 6 heteroatoms. The second kappa shape index (κ2) is 7.54. The average molecular weight is 288 g/mol. The van der Waals surface area contributed by atoms with Crippen LogP contribution in [0.3, 0.4) is 0 Å². The Labute approximate surface area is 124 Å². The van der Waals surface area contributed by atoms with Gasteiger partial charge in [-0.2, -0.15) is 0 Å². The number of nitrogens with zero attached hydrogens (tertiary/aromatic N) is 4. The summed E-state index contributed by atoms with van der Waals surface area (Å²) in [5.74, 6) is -0.755. The number of rotatable bonds is 8. The molecule has 0 spiro atoms. The minimum Gasteiger partial charge on any atom is -0.481 e. The van der Waals surface area contributed by atoms with Crippen molar-refractivity contribution in [3.05, 3.63) is 47.8 Å². The van der Waals surface area contributed by atoms with Crippen molar-refractivity contribution in [3.8, 4) is 0 Å². The molecule has 112 valence electrons. The maximum absolute atomic E-state index is 10.7. The van der Waals surface area contributed by atoms with E-state index >= 15 is 0 Å². The van der Waals surface area contributed by atoms with E-state index in [1.807, 2.05) is 31.4 Å². The molecule has 1 N–H and O–H groups in total. The number of carboxylic acid groups (broad SMARTS) is 1. The fourth-order valence-electron chi connectivity index (χ4n) is 2.21. The van der Waals surface area contributed by atoms with Crippen molar-refractivity contribution >= 4 is 5.97 Å². The minimum atomic E-state index is -0.755. The van der Waals surface area contributed by atoms with Gasteiger partial charge in [0.05, 0.1) is 5.69 Å². The number of aromatic nitrogens is 3. The number of hydrogen-bond donors (Lipinski definition) is 1. The molecular formula is C15H20N4O2. The number of aryl methyl sites for hydroxylation is 1. The standard InChI is InChI=1S/C15H20N4O2/c1-18-11-14(16-17-18)12-19(9-5-8-15(20)21)10-13-6-3-2-4-7-13/h2-4,6-7,11H,5,8-10,12H2,1H3,(H,20,21). The topological polar surface area (TPSA) is 71.2 Å². The first-order valence-electron chi connectivity index (χ1n) is 6.97. The minimum absolute atomic E-state index is 0.186. The third kappa shape index (κ3) is 5.35. The Morgan fingerprint density at radius 2 is 2.05 bits per heavy atom. The van der Waals surface area contributed by atoms with Gasteiger partial charge in [0.2, 0.25) is 0 Å². The summed E-state index contributed by atoms with van der Waals surface area (Å²) >= 11 is 0. The Morgan fingerprint density at radius 3 is 2.67 bits per heavy atom. The quantitative estimate of drug-likeness (QED) is 0.800. The number of hydrogen-bond acceptors (Lipinski definition) is 4. The van der Waals surface area contributed by atoms with E-state index < -0.39 is 5.97 Å². The van der Waals surface area contributed by atoms with Gasteiger partial charge in [-0.15, -0.1) is 5.10 Å². The van der Waals surface area contributed by atoms with Crippen LogP contribution in [0.25, 0.3) is 0 Å². The van der Waals surface area contributed by atoms with Crippen molar-refractivity contribution < 1.29 is 9.90 Å². The van der Waals surface area contributed by atoms with Crippen LogP contribution in [0.4, 0.5) is 0 Å². The first kappa shape index (κ1) is 15.2. The number of carbonyl (C=O) groups is 1. The van der Waals surface area contributed by atoms with Crippen molar-refractivity contribution in [2.75, 3.05) is 6.54 Å². The van der Waals surface area contributed by atoms with Gasteiger partial charge in [0.25, 0.3) is 0 Å². The van der Waals surface area contributed by atoms with Gasteiger partial charge >= 0.3 is 5.97 Å². The molecule has 0 aliphatic rings. The van der Waals surface area contributed by atoms with Crippen molar-refractivity contribution in [1.29, 1.82) is 0 Å². The lowest BCUT2D eigenvalue weighted by atomic mass is 10.2. The molecule has 2 rings (SSSR count). The van der Waals surface area contributed by atoms with Crippen molar-refractivity contribution in [1.82, 2.24) is 19.9 Å². The summed E-state index contributed by atoms with van der Waals surface area (Å²) in [6.45, 7) is 2.16. The third-order valence-electron chi connectivity index (χ3n) is 3.15. The Kier molecular flexibility index (Phi) is 5.45. The normalized spacial score (nSPS) is 11.0. The zero-order valence-electron chi connectivity index (χ0n) is 12.1. The molecule has 0 radical (unpaired) electrons. The first-order chi connectivity index (χ1) is 10.1. The van der Waals surface area contributed by atoms with Crippen LogP contribution in [0.2, 0.25) is 0 Å². The van der Waals surface area contributed by atoms with Crippen LogP contribution in [0.15, 0.2) is 36.5 Å². The lowest BCUT2D eigenvalue weighted by Gasteiger charge is -2.21. The zero-order valence-corrected chi connectivity index (χ0v) is 12.1. The number of benzene rings is 1. The molecule has 0 atom stereocenters. The first-order valence-corrected chi connectivity index (χ1v) is 6.97. The maximum Gasteiger partial charge on any atom is 0.303 e. The molecule has 0 aliphatic carbocycles. The predicted octanol–water partition coefficient (Wildman–Crippen LogP) is 1.68. The van der Waals surface area contributed by atoms with Gasteiger partial charge in [-0.05, 0) is 18.5 Å². The van der Waals surface area contributed by atoms with Crippen LogP contribution >= 0.6 is 0 Å². The molecule has 1 heterocycles. The highest BCUT2D eigenvalue weighted by Gasteiger charge is 2.10. The van der Waals surface area contributed by atoms with Crippen LogP contribution in [0.5, 0.6) is 0 Å². The molecule has 2 aromatic rings. The van der Waals surface area contributed by atoms with Gasteiger partial charge in [-0.25, -0.2) is 0 Å². The van der Waals surface area contributed by atoms with E-state index in [1.54, 1.807) is 4.68 Å². The predicted molar refractivity (Wildman–Crippen MR) is 78.4 cm³/mol. The molecule has 0 bridgehead atoms. The Morgan fingerprint density at radius 1 is 1.29 bits per heavy atom. The smallest absolute Gasteiger partial charge is 0.303 e. The van der Waals surface area contributed by atoms with E-state index in [-0.39, 0.29) is 6.42 Å². The van der Waals surface area contributed by atoms with Crippen LogP contribution in [-0.4, -0.2) is 37.5 Å². The fraction of sp³-hybridized carbons (Fsp3) is 0.400. The molecule has 1 aromatic heterocycles. The van der Waals surface area contributed by atoms with Gasteiger partial charge in [-0.3, -0.25) is 14.4 Å². The highest BCUT2D eigenvalue weighted by atomic mass is 16.4. The second-order valence-electron chi connectivity index (χ2n) is 5.08. The Hall–Kier alpha value is -2.21. The molecule has 6 nitrogen and oxygen atoms in total. The van der Waals surface area contributed by atoms with Crippen molar-refractivity contribution in [2.45, 2.75) is 25.9 Å². The van der Waals surface area contributed by atoms with Gasteiger partial charge in [-0.1, -0.05) is 35.5 Å². The zero-order chi connectivity index (χ0) is 15.1. The van der Waals surface area contributed by atoms with E-state index in [1.165, 1.54) is 5.56 Å². The largest absolute Gasteiger partial charge is 0.481 e. The van der Waals surface area contributed by atoms with Gasteiger partial charge in [0, 0.05) is 32.8 Å². The highest BCUT2D eigenvalue weighted by Crippen LogP contribution is 2.09.